The maximum absolute atomic E-state index is 11.6. The number of nitrogens with zero attached hydrogens (tertiary/aromatic N) is 2. The molecule has 5 nitrogen and oxygen atoms in total. The zero-order chi connectivity index (χ0) is 14.5. The van der Waals surface area contributed by atoms with Gasteiger partial charge in [-0.05, 0) is 32.0 Å². The van der Waals surface area contributed by atoms with Crippen molar-refractivity contribution in [2.24, 2.45) is 0 Å². The summed E-state index contributed by atoms with van der Waals surface area (Å²) >= 11 is 3.36. The summed E-state index contributed by atoms with van der Waals surface area (Å²) in [6.07, 6.45) is 1.41. The summed E-state index contributed by atoms with van der Waals surface area (Å²) in [7, 11) is 0. The first-order chi connectivity index (χ1) is 9.60. The number of aryl methyl sites for hydroxylation is 1. The molecule has 0 amide bonds. The molecule has 20 heavy (non-hydrogen) atoms. The van der Waals surface area contributed by atoms with Crippen LogP contribution in [-0.2, 0) is 4.74 Å². The molecule has 0 aliphatic carbocycles. The van der Waals surface area contributed by atoms with Gasteiger partial charge in [-0.1, -0.05) is 22.0 Å². The van der Waals surface area contributed by atoms with Crippen LogP contribution in [0.1, 0.15) is 23.0 Å². The SMILES string of the molecule is CCOC(=O)c1cnc(Oc2cccc(Br)c2)nc1C. The van der Waals surface area contributed by atoms with Gasteiger partial charge in [-0.15, -0.1) is 0 Å². The number of carbonyl (C=O) groups excluding carboxylic acids is 1. The number of ether oxygens (including phenoxy) is 2. The van der Waals surface area contributed by atoms with Crippen LogP contribution < -0.4 is 4.74 Å². The Kier molecular flexibility index (Phi) is 4.68. The molecule has 0 aliphatic heterocycles. The molecule has 1 aromatic heterocycles. The minimum atomic E-state index is -0.431. The minimum Gasteiger partial charge on any atom is -0.462 e. The van der Waals surface area contributed by atoms with E-state index < -0.39 is 5.97 Å². The van der Waals surface area contributed by atoms with Gasteiger partial charge < -0.3 is 9.47 Å². The largest absolute Gasteiger partial charge is 0.462 e. The molecule has 0 saturated heterocycles. The van der Waals surface area contributed by atoms with Gasteiger partial charge in [0.15, 0.2) is 0 Å². The van der Waals surface area contributed by atoms with E-state index in [1.165, 1.54) is 6.20 Å². The van der Waals surface area contributed by atoms with E-state index in [4.69, 9.17) is 9.47 Å². The van der Waals surface area contributed by atoms with Crippen molar-refractivity contribution in [2.45, 2.75) is 13.8 Å². The molecule has 0 unspecified atom stereocenters. The Hall–Kier alpha value is -1.95. The lowest BCUT2D eigenvalue weighted by molar-refractivity contribution is 0.0524. The lowest BCUT2D eigenvalue weighted by Gasteiger charge is -2.07. The van der Waals surface area contributed by atoms with Crippen LogP contribution in [0.2, 0.25) is 0 Å². The van der Waals surface area contributed by atoms with E-state index in [2.05, 4.69) is 25.9 Å². The van der Waals surface area contributed by atoms with E-state index in [0.29, 0.717) is 23.6 Å². The summed E-state index contributed by atoms with van der Waals surface area (Å²) in [6.45, 7) is 3.77. The zero-order valence-electron chi connectivity index (χ0n) is 11.1. The van der Waals surface area contributed by atoms with E-state index >= 15 is 0 Å². The van der Waals surface area contributed by atoms with Gasteiger partial charge in [-0.25, -0.2) is 9.78 Å². The van der Waals surface area contributed by atoms with Crippen molar-refractivity contribution in [2.75, 3.05) is 6.61 Å². The van der Waals surface area contributed by atoms with Crippen molar-refractivity contribution in [3.8, 4) is 11.8 Å². The van der Waals surface area contributed by atoms with E-state index in [1.54, 1.807) is 26.0 Å². The summed E-state index contributed by atoms with van der Waals surface area (Å²) < 4.78 is 11.3. The first-order valence-electron chi connectivity index (χ1n) is 6.04. The number of carbonyl (C=O) groups is 1. The monoisotopic (exact) mass is 336 g/mol. The molecule has 0 saturated carbocycles. The third kappa shape index (κ3) is 3.54. The van der Waals surface area contributed by atoms with Crippen molar-refractivity contribution < 1.29 is 14.3 Å². The minimum absolute atomic E-state index is 0.189. The number of hydrogen-bond donors (Lipinski definition) is 0. The Morgan fingerprint density at radius 3 is 2.85 bits per heavy atom. The fourth-order valence-electron chi connectivity index (χ4n) is 1.54. The standard InChI is InChI=1S/C14H13BrN2O3/c1-3-19-13(18)12-8-16-14(17-9(12)2)20-11-6-4-5-10(15)7-11/h4-8H,3H2,1-2H3. The van der Waals surface area contributed by atoms with Crippen LogP contribution in [0.3, 0.4) is 0 Å². The fourth-order valence-corrected chi connectivity index (χ4v) is 1.92. The molecule has 6 heteroatoms. The Morgan fingerprint density at radius 2 is 2.20 bits per heavy atom. The van der Waals surface area contributed by atoms with Gasteiger partial charge in [0, 0.05) is 10.7 Å². The molecule has 2 aromatic rings. The second-order valence-electron chi connectivity index (χ2n) is 3.93. The molecule has 0 fully saturated rings. The topological polar surface area (TPSA) is 61.3 Å². The summed E-state index contributed by atoms with van der Waals surface area (Å²) in [5.74, 6) is 0.182. The summed E-state index contributed by atoms with van der Waals surface area (Å²) in [4.78, 5) is 19.8. The summed E-state index contributed by atoms with van der Waals surface area (Å²) in [6, 6.07) is 7.52. The average Bonchev–Trinajstić information content (AvgIpc) is 2.39. The Bertz CT molecular complexity index is 632. The van der Waals surface area contributed by atoms with Crippen LogP contribution in [0.25, 0.3) is 0 Å². The molecule has 0 N–H and O–H groups in total. The third-order valence-corrected chi connectivity index (χ3v) is 2.95. The summed E-state index contributed by atoms with van der Waals surface area (Å²) in [5.41, 5.74) is 0.858. The van der Waals surface area contributed by atoms with Gasteiger partial charge in [0.05, 0.1) is 17.9 Å². The Morgan fingerprint density at radius 1 is 1.40 bits per heavy atom. The fraction of sp³-hybridized carbons (Fsp3) is 0.214. The highest BCUT2D eigenvalue weighted by Gasteiger charge is 2.13. The predicted molar refractivity (Wildman–Crippen MR) is 76.9 cm³/mol. The molecule has 0 atom stereocenters. The molecule has 0 bridgehead atoms. The maximum atomic E-state index is 11.6. The van der Waals surface area contributed by atoms with E-state index in [9.17, 15) is 4.79 Å². The molecular weight excluding hydrogens is 324 g/mol. The van der Waals surface area contributed by atoms with Crippen LogP contribution in [0.4, 0.5) is 0 Å². The number of esters is 1. The molecule has 0 radical (unpaired) electrons. The molecular formula is C14H13BrN2O3. The van der Waals surface area contributed by atoms with Crippen LogP contribution in [0, 0.1) is 6.92 Å². The third-order valence-electron chi connectivity index (χ3n) is 2.46. The van der Waals surface area contributed by atoms with Crippen LogP contribution in [0.5, 0.6) is 11.8 Å². The van der Waals surface area contributed by atoms with Crippen molar-refractivity contribution in [3.05, 3.63) is 46.2 Å². The van der Waals surface area contributed by atoms with Crippen molar-refractivity contribution in [3.63, 3.8) is 0 Å². The van der Waals surface area contributed by atoms with E-state index in [1.807, 2.05) is 12.1 Å². The van der Waals surface area contributed by atoms with Gasteiger partial charge in [0.1, 0.15) is 5.75 Å². The Labute approximate surface area is 125 Å². The molecule has 0 aliphatic rings. The number of benzene rings is 1. The Balaban J connectivity index is 2.19. The quantitative estimate of drug-likeness (QED) is 0.799. The van der Waals surface area contributed by atoms with Gasteiger partial charge in [-0.3, -0.25) is 0 Å². The number of hydrogen-bond acceptors (Lipinski definition) is 5. The lowest BCUT2D eigenvalue weighted by atomic mass is 10.2. The predicted octanol–water partition coefficient (Wildman–Crippen LogP) is 3.52. The van der Waals surface area contributed by atoms with Crippen molar-refractivity contribution in [1.82, 2.24) is 9.97 Å². The van der Waals surface area contributed by atoms with Crippen LogP contribution in [-0.4, -0.2) is 22.5 Å². The lowest BCUT2D eigenvalue weighted by Crippen LogP contribution is -2.09. The first-order valence-corrected chi connectivity index (χ1v) is 6.83. The van der Waals surface area contributed by atoms with Crippen molar-refractivity contribution in [1.29, 1.82) is 0 Å². The van der Waals surface area contributed by atoms with Crippen LogP contribution in [0.15, 0.2) is 34.9 Å². The smallest absolute Gasteiger partial charge is 0.341 e. The summed E-state index contributed by atoms with van der Waals surface area (Å²) in [5, 5.41) is 0. The molecule has 2 rings (SSSR count). The second kappa shape index (κ2) is 6.47. The number of rotatable bonds is 4. The molecule has 0 spiro atoms. The zero-order valence-corrected chi connectivity index (χ0v) is 12.7. The molecule has 1 aromatic carbocycles. The van der Waals surface area contributed by atoms with Gasteiger partial charge in [0.2, 0.25) is 0 Å². The highest BCUT2D eigenvalue weighted by atomic mass is 79.9. The van der Waals surface area contributed by atoms with Crippen LogP contribution >= 0.6 is 15.9 Å². The van der Waals surface area contributed by atoms with E-state index in [-0.39, 0.29) is 6.01 Å². The van der Waals surface area contributed by atoms with E-state index in [0.717, 1.165) is 4.47 Å². The maximum Gasteiger partial charge on any atom is 0.341 e. The van der Waals surface area contributed by atoms with Gasteiger partial charge >= 0.3 is 12.0 Å². The highest BCUT2D eigenvalue weighted by Crippen LogP contribution is 2.22. The molecule has 104 valence electrons. The van der Waals surface area contributed by atoms with Gasteiger partial charge in [-0.2, -0.15) is 4.98 Å². The normalized spacial score (nSPS) is 10.2. The number of aromatic nitrogens is 2. The van der Waals surface area contributed by atoms with Gasteiger partial charge in [0.25, 0.3) is 0 Å². The first kappa shape index (κ1) is 14.5. The number of halogens is 1. The average molecular weight is 337 g/mol. The molecule has 1 heterocycles. The second-order valence-corrected chi connectivity index (χ2v) is 4.85. The van der Waals surface area contributed by atoms with Crippen molar-refractivity contribution >= 4 is 21.9 Å². The highest BCUT2D eigenvalue weighted by molar-refractivity contribution is 9.10.